The second kappa shape index (κ2) is 5.54. The van der Waals surface area contributed by atoms with E-state index in [0.717, 1.165) is 11.1 Å². The number of phenolic OH excluding ortho intramolecular Hbond substituents is 1. The number of aromatic nitrogens is 1. The van der Waals surface area contributed by atoms with Crippen molar-refractivity contribution in [1.29, 1.82) is 0 Å². The highest BCUT2D eigenvalue weighted by molar-refractivity contribution is 5.76. The molecule has 4 heteroatoms. The third kappa shape index (κ3) is 2.79. The predicted octanol–water partition coefficient (Wildman–Crippen LogP) is 3.91. The summed E-state index contributed by atoms with van der Waals surface area (Å²) in [4.78, 5) is 12.0. The van der Waals surface area contributed by atoms with Crippen LogP contribution in [-0.2, 0) is 0 Å². The smallest absolute Gasteiger partial charge is 0.423 e. The number of phenols is 1. The molecule has 0 radical (unpaired) electrons. The first kappa shape index (κ1) is 13.0. The minimum atomic E-state index is -0.571. The molecule has 1 aromatic heterocycles. The highest BCUT2D eigenvalue weighted by Gasteiger charge is 2.11. The van der Waals surface area contributed by atoms with E-state index >= 15 is 0 Å². The fourth-order valence-electron chi connectivity index (χ4n) is 2.00. The number of para-hydroxylation sites is 2. The molecule has 2 aromatic carbocycles. The molecule has 0 aliphatic carbocycles. The van der Waals surface area contributed by atoms with Crippen LogP contribution in [0.15, 0.2) is 73.1 Å². The molecule has 0 aliphatic rings. The molecule has 0 aliphatic heterocycles. The highest BCUT2D eigenvalue weighted by atomic mass is 16.6. The lowest BCUT2D eigenvalue weighted by Crippen LogP contribution is -2.14. The molecule has 1 heterocycles. The molecular formula is C17H13NO3. The molecule has 0 spiro atoms. The van der Waals surface area contributed by atoms with Crippen molar-refractivity contribution >= 4 is 6.09 Å². The SMILES string of the molecule is O=C(Oc1ccccc1O)n1ccc(-c2ccccc2)c1. The normalized spacial score (nSPS) is 10.3. The van der Waals surface area contributed by atoms with E-state index in [9.17, 15) is 9.90 Å². The Balaban J connectivity index is 1.80. The lowest BCUT2D eigenvalue weighted by molar-refractivity contribution is 0.200. The van der Waals surface area contributed by atoms with Crippen molar-refractivity contribution in [2.75, 3.05) is 0 Å². The Bertz CT molecular complexity index is 762. The average Bonchev–Trinajstić information content (AvgIpc) is 3.00. The third-order valence-electron chi connectivity index (χ3n) is 3.07. The standard InChI is InChI=1S/C17H13NO3/c19-15-8-4-5-9-16(15)21-17(20)18-11-10-14(12-18)13-6-2-1-3-7-13/h1-12,19H. The van der Waals surface area contributed by atoms with E-state index in [-0.39, 0.29) is 11.5 Å². The summed E-state index contributed by atoms with van der Waals surface area (Å²) in [6, 6.07) is 17.9. The fraction of sp³-hybridized carbons (Fsp3) is 0. The number of hydrogen-bond acceptors (Lipinski definition) is 3. The maximum absolute atomic E-state index is 12.0. The van der Waals surface area contributed by atoms with E-state index < -0.39 is 6.09 Å². The van der Waals surface area contributed by atoms with Crippen molar-refractivity contribution in [3.63, 3.8) is 0 Å². The Labute approximate surface area is 121 Å². The summed E-state index contributed by atoms with van der Waals surface area (Å²) in [5.41, 5.74) is 1.94. The zero-order chi connectivity index (χ0) is 14.7. The third-order valence-corrected chi connectivity index (χ3v) is 3.07. The summed E-state index contributed by atoms with van der Waals surface area (Å²) in [6.07, 6.45) is 2.75. The second-order valence-electron chi connectivity index (χ2n) is 4.51. The van der Waals surface area contributed by atoms with E-state index in [4.69, 9.17) is 4.74 Å². The van der Waals surface area contributed by atoms with Gasteiger partial charge in [0.1, 0.15) is 0 Å². The second-order valence-corrected chi connectivity index (χ2v) is 4.51. The summed E-state index contributed by atoms with van der Waals surface area (Å²) >= 11 is 0. The van der Waals surface area contributed by atoms with Gasteiger partial charge in [-0.25, -0.2) is 4.79 Å². The van der Waals surface area contributed by atoms with Gasteiger partial charge in [-0.2, -0.15) is 0 Å². The number of carbonyl (C=O) groups is 1. The van der Waals surface area contributed by atoms with Gasteiger partial charge in [0.15, 0.2) is 11.5 Å². The minimum absolute atomic E-state index is 0.0683. The minimum Gasteiger partial charge on any atom is -0.504 e. The van der Waals surface area contributed by atoms with Crippen molar-refractivity contribution in [3.05, 3.63) is 73.1 Å². The van der Waals surface area contributed by atoms with Crippen LogP contribution in [0.25, 0.3) is 11.1 Å². The molecule has 0 atom stereocenters. The number of nitrogens with zero attached hydrogens (tertiary/aromatic N) is 1. The molecule has 0 saturated heterocycles. The summed E-state index contributed by atoms with van der Waals surface area (Å²) in [5.74, 6) is 0.0683. The number of ether oxygens (including phenoxy) is 1. The molecule has 4 nitrogen and oxygen atoms in total. The number of hydrogen-bond donors (Lipinski definition) is 1. The van der Waals surface area contributed by atoms with Crippen LogP contribution in [0.3, 0.4) is 0 Å². The fourth-order valence-corrected chi connectivity index (χ4v) is 2.00. The Morgan fingerprint density at radius 1 is 0.905 bits per heavy atom. The van der Waals surface area contributed by atoms with Crippen molar-refractivity contribution in [1.82, 2.24) is 4.57 Å². The van der Waals surface area contributed by atoms with Gasteiger partial charge in [0.05, 0.1) is 0 Å². The first-order chi connectivity index (χ1) is 10.2. The maximum Gasteiger partial charge on any atom is 0.423 e. The lowest BCUT2D eigenvalue weighted by Gasteiger charge is -2.05. The monoisotopic (exact) mass is 279 g/mol. The number of aromatic hydroxyl groups is 1. The summed E-state index contributed by atoms with van der Waals surface area (Å²) < 4.78 is 6.50. The zero-order valence-corrected chi connectivity index (χ0v) is 11.1. The van der Waals surface area contributed by atoms with Crippen molar-refractivity contribution in [3.8, 4) is 22.6 Å². The zero-order valence-electron chi connectivity index (χ0n) is 11.1. The molecule has 1 N–H and O–H groups in total. The van der Waals surface area contributed by atoms with Gasteiger partial charge in [0, 0.05) is 12.4 Å². The Kier molecular flexibility index (Phi) is 3.43. The summed E-state index contributed by atoms with van der Waals surface area (Å²) in [5, 5.41) is 9.60. The van der Waals surface area contributed by atoms with E-state index in [2.05, 4.69) is 0 Å². The predicted molar refractivity (Wildman–Crippen MR) is 79.4 cm³/mol. The first-order valence-corrected chi connectivity index (χ1v) is 6.47. The highest BCUT2D eigenvalue weighted by Crippen LogP contribution is 2.25. The molecular weight excluding hydrogens is 266 g/mol. The largest absolute Gasteiger partial charge is 0.504 e. The Morgan fingerprint density at radius 3 is 2.38 bits per heavy atom. The van der Waals surface area contributed by atoms with Crippen LogP contribution in [0.2, 0.25) is 0 Å². The Morgan fingerprint density at radius 2 is 1.62 bits per heavy atom. The Hall–Kier alpha value is -3.01. The quantitative estimate of drug-likeness (QED) is 0.773. The van der Waals surface area contributed by atoms with Crippen molar-refractivity contribution in [2.45, 2.75) is 0 Å². The molecule has 0 saturated carbocycles. The number of carbonyl (C=O) groups excluding carboxylic acids is 1. The van der Waals surface area contributed by atoms with Crippen LogP contribution in [-0.4, -0.2) is 15.8 Å². The van der Waals surface area contributed by atoms with Crippen LogP contribution in [0.5, 0.6) is 11.5 Å². The first-order valence-electron chi connectivity index (χ1n) is 6.47. The van der Waals surface area contributed by atoms with Crippen molar-refractivity contribution in [2.24, 2.45) is 0 Å². The van der Waals surface area contributed by atoms with Gasteiger partial charge >= 0.3 is 6.09 Å². The van der Waals surface area contributed by atoms with Gasteiger partial charge in [0.2, 0.25) is 0 Å². The van der Waals surface area contributed by atoms with Gasteiger partial charge in [-0.1, -0.05) is 42.5 Å². The molecule has 0 fully saturated rings. The molecule has 0 unspecified atom stereocenters. The number of benzene rings is 2. The molecule has 3 rings (SSSR count). The van der Waals surface area contributed by atoms with E-state index in [1.54, 1.807) is 24.5 Å². The van der Waals surface area contributed by atoms with Gasteiger partial charge in [-0.3, -0.25) is 4.57 Å². The van der Waals surface area contributed by atoms with Crippen LogP contribution < -0.4 is 4.74 Å². The molecule has 21 heavy (non-hydrogen) atoms. The van der Waals surface area contributed by atoms with Crippen LogP contribution in [0, 0.1) is 0 Å². The van der Waals surface area contributed by atoms with Crippen LogP contribution >= 0.6 is 0 Å². The maximum atomic E-state index is 12.0. The molecule has 3 aromatic rings. The van der Waals surface area contributed by atoms with E-state index in [1.807, 2.05) is 36.4 Å². The summed E-state index contributed by atoms with van der Waals surface area (Å²) in [7, 11) is 0. The summed E-state index contributed by atoms with van der Waals surface area (Å²) in [6.45, 7) is 0. The van der Waals surface area contributed by atoms with Crippen molar-refractivity contribution < 1.29 is 14.6 Å². The van der Waals surface area contributed by atoms with E-state index in [1.165, 1.54) is 16.7 Å². The number of rotatable bonds is 2. The molecule has 0 amide bonds. The van der Waals surface area contributed by atoms with Gasteiger partial charge in [0.25, 0.3) is 0 Å². The van der Waals surface area contributed by atoms with Gasteiger partial charge < -0.3 is 9.84 Å². The molecule has 104 valence electrons. The van der Waals surface area contributed by atoms with Crippen LogP contribution in [0.1, 0.15) is 0 Å². The van der Waals surface area contributed by atoms with Gasteiger partial charge in [-0.15, -0.1) is 0 Å². The van der Waals surface area contributed by atoms with Crippen LogP contribution in [0.4, 0.5) is 4.79 Å². The molecule has 0 bridgehead atoms. The lowest BCUT2D eigenvalue weighted by atomic mass is 10.1. The van der Waals surface area contributed by atoms with E-state index in [0.29, 0.717) is 0 Å². The van der Waals surface area contributed by atoms with Gasteiger partial charge in [-0.05, 0) is 29.3 Å². The topological polar surface area (TPSA) is 51.5 Å². The average molecular weight is 279 g/mol.